The normalized spacial score (nSPS) is 18.5. The Hall–Kier alpha value is -1.61. The van der Waals surface area contributed by atoms with Gasteiger partial charge in [0.05, 0.1) is 18.2 Å². The van der Waals surface area contributed by atoms with Crippen LogP contribution in [0.15, 0.2) is 21.1 Å². The molecule has 0 aliphatic carbocycles. The van der Waals surface area contributed by atoms with Gasteiger partial charge in [-0.1, -0.05) is 23.1 Å². The van der Waals surface area contributed by atoms with Gasteiger partial charge < -0.3 is 15.4 Å². The number of nitrogens with zero attached hydrogens (tertiary/aromatic N) is 2. The molecule has 7 nitrogen and oxygen atoms in total. The fourth-order valence-electron chi connectivity index (χ4n) is 1.75. The van der Waals surface area contributed by atoms with Gasteiger partial charge in [-0.25, -0.2) is 9.59 Å². The molecule has 0 saturated heterocycles. The Bertz CT molecular complexity index is 530. The summed E-state index contributed by atoms with van der Waals surface area (Å²) < 4.78 is 5.81. The van der Waals surface area contributed by atoms with Crippen LogP contribution >= 0.6 is 23.1 Å². The number of hydrogen-bond donors (Lipinski definition) is 2. The standard InChI is InChI=1S/C11H14N4O3S2/c1-3-18-9(16)8-6(2)13-10(17)14-7(8)4-19-11-15-12-5-20-11/h5-6H,3-4H2,1-2H3,(H2,13,14,17)/t6-/m1/s1. The van der Waals surface area contributed by atoms with E-state index in [1.54, 1.807) is 19.4 Å². The molecule has 20 heavy (non-hydrogen) atoms. The average molecular weight is 314 g/mol. The summed E-state index contributed by atoms with van der Waals surface area (Å²) in [6.07, 6.45) is 0. The lowest BCUT2D eigenvalue weighted by atomic mass is 10.1. The van der Waals surface area contributed by atoms with Gasteiger partial charge in [0.2, 0.25) is 0 Å². The van der Waals surface area contributed by atoms with E-state index in [1.807, 2.05) is 0 Å². The van der Waals surface area contributed by atoms with Crippen LogP contribution in [0.25, 0.3) is 0 Å². The SMILES string of the molecule is CCOC(=O)C1=C(CSc2nncs2)NC(=O)N[C@@H]1C. The van der Waals surface area contributed by atoms with Crippen molar-refractivity contribution < 1.29 is 14.3 Å². The third-order valence-corrected chi connectivity index (χ3v) is 4.43. The van der Waals surface area contributed by atoms with Crippen molar-refractivity contribution in [2.75, 3.05) is 12.4 Å². The molecule has 2 N–H and O–H groups in total. The highest BCUT2D eigenvalue weighted by Gasteiger charge is 2.29. The van der Waals surface area contributed by atoms with E-state index in [0.29, 0.717) is 23.6 Å². The molecule has 1 aliphatic rings. The van der Waals surface area contributed by atoms with Crippen LogP contribution in [0.4, 0.5) is 4.79 Å². The molecule has 0 fully saturated rings. The number of nitrogens with one attached hydrogen (secondary N) is 2. The zero-order valence-corrected chi connectivity index (χ0v) is 12.6. The summed E-state index contributed by atoms with van der Waals surface area (Å²) in [4.78, 5) is 23.5. The third kappa shape index (κ3) is 3.48. The van der Waals surface area contributed by atoms with Crippen molar-refractivity contribution in [2.24, 2.45) is 0 Å². The van der Waals surface area contributed by atoms with Gasteiger partial charge in [0.15, 0.2) is 4.34 Å². The molecular weight excluding hydrogens is 300 g/mol. The van der Waals surface area contributed by atoms with Crippen molar-refractivity contribution >= 4 is 35.1 Å². The van der Waals surface area contributed by atoms with Crippen molar-refractivity contribution in [1.82, 2.24) is 20.8 Å². The monoisotopic (exact) mass is 314 g/mol. The summed E-state index contributed by atoms with van der Waals surface area (Å²) in [6.45, 7) is 3.79. The number of hydrogen-bond acceptors (Lipinski definition) is 7. The molecule has 0 spiro atoms. The first kappa shape index (κ1) is 14.8. The van der Waals surface area contributed by atoms with Crippen molar-refractivity contribution in [3.05, 3.63) is 16.8 Å². The zero-order chi connectivity index (χ0) is 14.5. The molecule has 9 heteroatoms. The van der Waals surface area contributed by atoms with Gasteiger partial charge in [-0.15, -0.1) is 10.2 Å². The smallest absolute Gasteiger partial charge is 0.337 e. The van der Waals surface area contributed by atoms with Crippen LogP contribution in [-0.2, 0) is 9.53 Å². The zero-order valence-electron chi connectivity index (χ0n) is 11.0. The van der Waals surface area contributed by atoms with E-state index < -0.39 is 5.97 Å². The van der Waals surface area contributed by atoms with Crippen LogP contribution in [-0.4, -0.2) is 40.6 Å². The fourth-order valence-corrected chi connectivity index (χ4v) is 3.21. The van der Waals surface area contributed by atoms with Gasteiger partial charge in [0.1, 0.15) is 5.51 Å². The Labute approximate surface area is 124 Å². The lowest BCUT2D eigenvalue weighted by Gasteiger charge is -2.26. The van der Waals surface area contributed by atoms with E-state index in [1.165, 1.54) is 23.1 Å². The Morgan fingerprint density at radius 1 is 1.60 bits per heavy atom. The number of carbonyl (C=O) groups excluding carboxylic acids is 2. The highest BCUT2D eigenvalue weighted by atomic mass is 32.2. The van der Waals surface area contributed by atoms with E-state index >= 15 is 0 Å². The first-order valence-corrected chi connectivity index (χ1v) is 7.85. The van der Waals surface area contributed by atoms with Crippen LogP contribution in [0.5, 0.6) is 0 Å². The molecule has 2 heterocycles. The number of amides is 2. The highest BCUT2D eigenvalue weighted by molar-refractivity contribution is 8.01. The van der Waals surface area contributed by atoms with Gasteiger partial charge in [-0.05, 0) is 13.8 Å². The molecule has 2 rings (SSSR count). The molecule has 1 aliphatic heterocycles. The van der Waals surface area contributed by atoms with Gasteiger partial charge in [0, 0.05) is 11.4 Å². The second-order valence-corrected chi connectivity index (χ2v) is 5.98. The van der Waals surface area contributed by atoms with Gasteiger partial charge in [0.25, 0.3) is 0 Å². The second kappa shape index (κ2) is 6.71. The summed E-state index contributed by atoms with van der Waals surface area (Å²) >= 11 is 2.82. The molecule has 0 unspecified atom stereocenters. The molecule has 0 bridgehead atoms. The quantitative estimate of drug-likeness (QED) is 0.625. The molecule has 0 radical (unpaired) electrons. The van der Waals surface area contributed by atoms with Crippen LogP contribution in [0.2, 0.25) is 0 Å². The molecular formula is C11H14N4O3S2. The van der Waals surface area contributed by atoms with Crippen LogP contribution in [0.1, 0.15) is 13.8 Å². The predicted molar refractivity (Wildman–Crippen MR) is 75.4 cm³/mol. The van der Waals surface area contributed by atoms with E-state index in [2.05, 4.69) is 20.8 Å². The van der Waals surface area contributed by atoms with Crippen molar-refractivity contribution in [3.63, 3.8) is 0 Å². The van der Waals surface area contributed by atoms with Crippen LogP contribution in [0, 0.1) is 0 Å². The largest absolute Gasteiger partial charge is 0.463 e. The van der Waals surface area contributed by atoms with Gasteiger partial charge in [-0.3, -0.25) is 0 Å². The van der Waals surface area contributed by atoms with Gasteiger partial charge >= 0.3 is 12.0 Å². The van der Waals surface area contributed by atoms with E-state index in [0.717, 1.165) is 4.34 Å². The first-order chi connectivity index (χ1) is 9.61. The minimum atomic E-state index is -0.416. The number of urea groups is 1. The third-order valence-electron chi connectivity index (χ3n) is 2.55. The molecule has 2 amide bonds. The summed E-state index contributed by atoms with van der Waals surface area (Å²) in [5.41, 5.74) is 2.63. The number of thioether (sulfide) groups is 1. The number of aromatic nitrogens is 2. The summed E-state index contributed by atoms with van der Waals surface area (Å²) in [7, 11) is 0. The summed E-state index contributed by atoms with van der Waals surface area (Å²) in [6, 6.07) is -0.703. The Kier molecular flexibility index (Phi) is 4.96. The molecule has 108 valence electrons. The highest BCUT2D eigenvalue weighted by Crippen LogP contribution is 2.24. The van der Waals surface area contributed by atoms with E-state index in [4.69, 9.17) is 4.74 Å². The summed E-state index contributed by atoms with van der Waals surface area (Å²) in [5.74, 6) is 0.0153. The number of ether oxygens (including phenoxy) is 1. The molecule has 1 atom stereocenters. The van der Waals surface area contributed by atoms with Crippen molar-refractivity contribution in [2.45, 2.75) is 24.2 Å². The van der Waals surface area contributed by atoms with Crippen LogP contribution in [0.3, 0.4) is 0 Å². The predicted octanol–water partition coefficient (Wildman–Crippen LogP) is 1.15. The second-order valence-electron chi connectivity index (χ2n) is 3.93. The Morgan fingerprint density at radius 2 is 2.40 bits per heavy atom. The number of rotatable bonds is 5. The lowest BCUT2D eigenvalue weighted by molar-refractivity contribution is -0.138. The molecule has 1 aromatic heterocycles. The van der Waals surface area contributed by atoms with E-state index in [-0.39, 0.29) is 12.1 Å². The number of carbonyl (C=O) groups is 2. The maximum atomic E-state index is 12.0. The summed E-state index contributed by atoms with van der Waals surface area (Å²) in [5, 5.41) is 13.0. The molecule has 0 saturated carbocycles. The molecule has 0 aromatic carbocycles. The Balaban J connectivity index is 2.18. The minimum Gasteiger partial charge on any atom is -0.463 e. The fraction of sp³-hybridized carbons (Fsp3) is 0.455. The van der Waals surface area contributed by atoms with Crippen molar-refractivity contribution in [3.8, 4) is 0 Å². The maximum absolute atomic E-state index is 12.0. The minimum absolute atomic E-state index is 0.291. The topological polar surface area (TPSA) is 93.2 Å². The average Bonchev–Trinajstić information content (AvgIpc) is 2.88. The molecule has 1 aromatic rings. The van der Waals surface area contributed by atoms with Crippen molar-refractivity contribution in [1.29, 1.82) is 0 Å². The lowest BCUT2D eigenvalue weighted by Crippen LogP contribution is -2.49. The van der Waals surface area contributed by atoms with Gasteiger partial charge in [-0.2, -0.15) is 0 Å². The number of esters is 1. The first-order valence-electron chi connectivity index (χ1n) is 5.98. The van der Waals surface area contributed by atoms with E-state index in [9.17, 15) is 9.59 Å². The Morgan fingerprint density at radius 3 is 3.05 bits per heavy atom. The van der Waals surface area contributed by atoms with Crippen LogP contribution < -0.4 is 10.6 Å². The maximum Gasteiger partial charge on any atom is 0.337 e.